The van der Waals surface area contributed by atoms with Crippen LogP contribution in [0.5, 0.6) is 0 Å². The Balaban J connectivity index is 0.00000263. The van der Waals surface area contributed by atoms with Crippen LogP contribution >= 0.6 is 0 Å². The van der Waals surface area contributed by atoms with Crippen LogP contribution in [0.15, 0.2) is 41.0 Å². The number of quaternary nitrogens is 1. The second-order valence-corrected chi connectivity index (χ2v) is 7.71. The molecule has 1 amide bonds. The van der Waals surface area contributed by atoms with Gasteiger partial charge in [0, 0.05) is 33.6 Å². The Morgan fingerprint density at radius 1 is 1.33 bits per heavy atom. The van der Waals surface area contributed by atoms with Crippen LogP contribution in [-0.2, 0) is 15.9 Å². The van der Waals surface area contributed by atoms with E-state index in [1.807, 2.05) is 45.9 Å². The van der Waals surface area contributed by atoms with Gasteiger partial charge in [0.15, 0.2) is 11.9 Å². The molecule has 0 aliphatic heterocycles. The van der Waals surface area contributed by atoms with Crippen LogP contribution < -0.4 is 11.1 Å². The fourth-order valence-electron chi connectivity index (χ4n) is 2.28. The molecule has 0 saturated carbocycles. The molecule has 0 aliphatic rings. The minimum atomic E-state index is -0.480. The maximum absolute atomic E-state index is 11.6. The van der Waals surface area contributed by atoms with Gasteiger partial charge < -0.3 is 25.0 Å². The van der Waals surface area contributed by atoms with E-state index in [9.17, 15) is 4.79 Å². The number of nitrogens with one attached hydrogen (secondary N) is 1. The molecule has 0 radical (unpaired) electrons. The number of hydrogen-bond acceptors (Lipinski definition) is 6. The van der Waals surface area contributed by atoms with E-state index in [0.717, 1.165) is 24.8 Å². The van der Waals surface area contributed by atoms with Gasteiger partial charge in [-0.2, -0.15) is 4.98 Å². The molecule has 4 N–H and O–H groups in total. The Labute approximate surface area is 180 Å². The number of carbonyl (C=O) groups excluding carboxylic acids is 1. The topological polar surface area (TPSA) is 114 Å². The minimum absolute atomic E-state index is 0.0643. The number of alkyl carbamates (subject to hydrolysis) is 1. The van der Waals surface area contributed by atoms with Gasteiger partial charge in [0.2, 0.25) is 0 Å². The molecular formula is C22H39N4O4+. The lowest BCUT2D eigenvalue weighted by Gasteiger charge is -2.19. The van der Waals surface area contributed by atoms with E-state index >= 15 is 0 Å². The van der Waals surface area contributed by atoms with Gasteiger partial charge in [-0.15, -0.1) is 0 Å². The van der Waals surface area contributed by atoms with E-state index < -0.39 is 5.60 Å². The number of hydrogen-bond donors (Lipinski definition) is 2. The molecule has 0 bridgehead atoms. The molecule has 0 aromatic carbocycles. The Bertz CT molecular complexity index is 675. The molecule has 1 unspecified atom stereocenters. The number of aromatic nitrogens is 2. The van der Waals surface area contributed by atoms with Crippen LogP contribution in [0.2, 0.25) is 0 Å². The van der Waals surface area contributed by atoms with Gasteiger partial charge in [-0.05, 0) is 46.1 Å². The molecular weight excluding hydrogens is 384 g/mol. The summed E-state index contributed by atoms with van der Waals surface area (Å²) >= 11 is 0. The third-order valence-corrected chi connectivity index (χ3v) is 3.66. The van der Waals surface area contributed by atoms with E-state index in [0.29, 0.717) is 24.7 Å². The smallest absolute Gasteiger partial charge is 0.407 e. The summed E-state index contributed by atoms with van der Waals surface area (Å²) in [5.41, 5.74) is 4.72. The summed E-state index contributed by atoms with van der Waals surface area (Å²) in [7, 11) is 3.25. The van der Waals surface area contributed by atoms with Crippen molar-refractivity contribution in [2.45, 2.75) is 65.0 Å². The number of methoxy groups -OCH3 is 1. The van der Waals surface area contributed by atoms with Crippen molar-refractivity contribution in [2.75, 3.05) is 20.8 Å². The molecule has 1 atom stereocenters. The highest BCUT2D eigenvalue weighted by molar-refractivity contribution is 5.67. The summed E-state index contributed by atoms with van der Waals surface area (Å²) in [5.74, 6) is 1.19. The molecule has 8 heteroatoms. The Kier molecular flexibility index (Phi) is 14.1. The number of rotatable bonds is 10. The fourth-order valence-corrected chi connectivity index (χ4v) is 2.28. The molecule has 1 heterocycles. The minimum Gasteiger partial charge on any atom is -0.444 e. The molecule has 170 valence electrons. The first kappa shape index (κ1) is 27.5. The SMILES string of the molecule is C=C/C=C\C(=C/C)Cc1noc(C([NH3+])CCCCNC(=O)OC(C)(C)C)n1.COC. The highest BCUT2D eigenvalue weighted by atomic mass is 16.6. The number of carbonyl (C=O) groups is 1. The normalized spacial score (nSPS) is 12.8. The zero-order valence-corrected chi connectivity index (χ0v) is 19.4. The van der Waals surface area contributed by atoms with Crippen molar-refractivity contribution in [2.24, 2.45) is 0 Å². The lowest BCUT2D eigenvalue weighted by atomic mass is 10.1. The highest BCUT2D eigenvalue weighted by Gasteiger charge is 2.18. The zero-order valence-electron chi connectivity index (χ0n) is 19.4. The monoisotopic (exact) mass is 423 g/mol. The number of unbranched alkanes of at least 4 members (excludes halogenated alkanes) is 1. The second kappa shape index (κ2) is 15.4. The van der Waals surface area contributed by atoms with Gasteiger partial charge in [-0.25, -0.2) is 4.79 Å². The van der Waals surface area contributed by atoms with Crippen molar-refractivity contribution in [3.63, 3.8) is 0 Å². The van der Waals surface area contributed by atoms with E-state index in [4.69, 9.17) is 9.26 Å². The molecule has 1 rings (SSSR count). The first-order valence-corrected chi connectivity index (χ1v) is 10.1. The maximum atomic E-state index is 11.6. The van der Waals surface area contributed by atoms with E-state index in [1.165, 1.54) is 0 Å². The Morgan fingerprint density at radius 3 is 2.57 bits per heavy atom. The van der Waals surface area contributed by atoms with Crippen LogP contribution in [0, 0.1) is 0 Å². The largest absolute Gasteiger partial charge is 0.444 e. The Hall–Kier alpha value is -2.45. The van der Waals surface area contributed by atoms with Crippen molar-refractivity contribution in [3.8, 4) is 0 Å². The van der Waals surface area contributed by atoms with Crippen LogP contribution in [0.25, 0.3) is 0 Å². The fraction of sp³-hybridized carbons (Fsp3) is 0.591. The average molecular weight is 424 g/mol. The van der Waals surface area contributed by atoms with Crippen molar-refractivity contribution in [1.29, 1.82) is 0 Å². The number of ether oxygens (including phenoxy) is 2. The summed E-state index contributed by atoms with van der Waals surface area (Å²) in [4.78, 5) is 16.0. The molecule has 1 aromatic rings. The van der Waals surface area contributed by atoms with Crippen molar-refractivity contribution < 1.29 is 24.5 Å². The first-order chi connectivity index (χ1) is 14.2. The molecule has 30 heavy (non-hydrogen) atoms. The van der Waals surface area contributed by atoms with Crippen molar-refractivity contribution in [1.82, 2.24) is 15.5 Å². The zero-order chi connectivity index (χ0) is 23.0. The van der Waals surface area contributed by atoms with Gasteiger partial charge in [-0.3, -0.25) is 0 Å². The predicted octanol–water partition coefficient (Wildman–Crippen LogP) is 3.54. The summed E-state index contributed by atoms with van der Waals surface area (Å²) in [6.07, 6.45) is 10.4. The maximum Gasteiger partial charge on any atom is 0.407 e. The molecule has 0 fully saturated rings. The lowest BCUT2D eigenvalue weighted by Crippen LogP contribution is -2.53. The van der Waals surface area contributed by atoms with Crippen LogP contribution in [0.4, 0.5) is 4.79 Å². The second-order valence-electron chi connectivity index (χ2n) is 7.71. The predicted molar refractivity (Wildman–Crippen MR) is 118 cm³/mol. The summed E-state index contributed by atoms with van der Waals surface area (Å²) in [5, 5.41) is 6.78. The summed E-state index contributed by atoms with van der Waals surface area (Å²) < 4.78 is 14.8. The molecule has 8 nitrogen and oxygen atoms in total. The summed E-state index contributed by atoms with van der Waals surface area (Å²) in [6.45, 7) is 11.7. The molecule has 0 aliphatic carbocycles. The van der Waals surface area contributed by atoms with Crippen LogP contribution in [-0.4, -0.2) is 42.6 Å². The van der Waals surface area contributed by atoms with Crippen molar-refractivity contribution >= 4 is 6.09 Å². The van der Waals surface area contributed by atoms with Crippen LogP contribution in [0.3, 0.4) is 0 Å². The van der Waals surface area contributed by atoms with Gasteiger partial charge in [0.05, 0.1) is 0 Å². The van der Waals surface area contributed by atoms with Gasteiger partial charge in [0.1, 0.15) is 5.60 Å². The third-order valence-electron chi connectivity index (χ3n) is 3.66. The number of allylic oxidation sites excluding steroid dienone is 5. The molecule has 0 spiro atoms. The van der Waals surface area contributed by atoms with Gasteiger partial charge in [0.25, 0.3) is 5.89 Å². The Morgan fingerprint density at radius 2 is 2.00 bits per heavy atom. The van der Waals surface area contributed by atoms with E-state index in [-0.39, 0.29) is 12.1 Å². The molecule has 0 saturated heterocycles. The van der Waals surface area contributed by atoms with Gasteiger partial charge in [-0.1, -0.05) is 36.0 Å². The quantitative estimate of drug-likeness (QED) is 0.439. The summed E-state index contributed by atoms with van der Waals surface area (Å²) in [6, 6.07) is -0.0643. The molecule has 1 aromatic heterocycles. The third kappa shape index (κ3) is 13.7. The number of nitrogens with zero attached hydrogens (tertiary/aromatic N) is 2. The lowest BCUT2D eigenvalue weighted by molar-refractivity contribution is -0.433. The van der Waals surface area contributed by atoms with Crippen molar-refractivity contribution in [3.05, 3.63) is 48.2 Å². The van der Waals surface area contributed by atoms with E-state index in [1.54, 1.807) is 20.3 Å². The van der Waals surface area contributed by atoms with E-state index in [2.05, 4.69) is 32.5 Å². The average Bonchev–Trinajstić information content (AvgIpc) is 3.12. The van der Waals surface area contributed by atoms with Gasteiger partial charge >= 0.3 is 6.09 Å². The number of amides is 1. The highest BCUT2D eigenvalue weighted by Crippen LogP contribution is 2.15. The standard InChI is InChI=1S/C20H32N4O3.C2H6O/c1-6-8-11-15(7-2)14-17-23-18(27-24-17)16(21)12-9-10-13-22-19(25)26-20(3,4)5;1-3-2/h6-8,11,16H,1,9-10,12-14,21H2,2-5H3,(H,22,25);1-2H3/p+1/b11-8-,15-7+;. The first-order valence-electron chi connectivity index (χ1n) is 10.1. The van der Waals surface area contributed by atoms with Crippen LogP contribution in [0.1, 0.15) is 64.7 Å².